The molecule has 0 saturated carbocycles. The summed E-state index contributed by atoms with van der Waals surface area (Å²) in [5.74, 6) is -0.769. The number of halogens is 1. The fourth-order valence-corrected chi connectivity index (χ4v) is 4.76. The Balaban J connectivity index is 1.60. The van der Waals surface area contributed by atoms with Gasteiger partial charge in [0, 0.05) is 22.8 Å². The third kappa shape index (κ3) is 14.7. The maximum atomic E-state index is 12.9. The Morgan fingerprint density at radius 2 is 1.42 bits per heavy atom. The molecule has 3 aromatic carbocycles. The van der Waals surface area contributed by atoms with E-state index in [-0.39, 0.29) is 35.0 Å². The molecule has 0 heterocycles. The number of carbonyl (C=O) groups is 4. The van der Waals surface area contributed by atoms with E-state index in [1.165, 1.54) is 18.2 Å². The Hall–Kier alpha value is -4.90. The Bertz CT molecular complexity index is 1720. The van der Waals surface area contributed by atoms with Gasteiger partial charge in [-0.3, -0.25) is 10.1 Å². The van der Waals surface area contributed by atoms with Gasteiger partial charge in [-0.1, -0.05) is 50.6 Å². The minimum absolute atomic E-state index is 0.133. The van der Waals surface area contributed by atoms with Crippen LogP contribution in [0.15, 0.2) is 71.7 Å². The van der Waals surface area contributed by atoms with E-state index in [9.17, 15) is 19.2 Å². The summed E-state index contributed by atoms with van der Waals surface area (Å²) in [6.07, 6.45) is -0.245. The highest BCUT2D eigenvalue weighted by Crippen LogP contribution is 2.26. The van der Waals surface area contributed by atoms with Gasteiger partial charge in [-0.25, -0.2) is 14.4 Å². The van der Waals surface area contributed by atoms with Gasteiger partial charge in [-0.05, 0) is 119 Å². The molecule has 0 radical (unpaired) electrons. The lowest BCUT2D eigenvalue weighted by atomic mass is 9.88. The van der Waals surface area contributed by atoms with Crippen LogP contribution in [0.1, 0.15) is 90.2 Å². The zero-order chi connectivity index (χ0) is 37.3. The summed E-state index contributed by atoms with van der Waals surface area (Å²) < 4.78 is 16.0. The maximum absolute atomic E-state index is 12.9. The third-order valence-corrected chi connectivity index (χ3v) is 6.75. The highest BCUT2D eigenvalue weighted by Gasteiger charge is 2.21. The molecule has 268 valence electrons. The van der Waals surface area contributed by atoms with Crippen LogP contribution in [-0.4, -0.2) is 41.2 Å². The lowest BCUT2D eigenvalue weighted by Crippen LogP contribution is -2.40. The van der Waals surface area contributed by atoms with E-state index >= 15 is 0 Å². The third-order valence-electron chi connectivity index (χ3n) is 6.40. The molecule has 12 heteroatoms. The van der Waals surface area contributed by atoms with Crippen molar-refractivity contribution >= 4 is 53.0 Å². The van der Waals surface area contributed by atoms with Crippen LogP contribution in [0.5, 0.6) is 5.75 Å². The summed E-state index contributed by atoms with van der Waals surface area (Å²) in [6.45, 7) is 16.7. The minimum atomic E-state index is -0.929. The topological polar surface area (TPSA) is 144 Å². The molecule has 0 aromatic heterocycles. The van der Waals surface area contributed by atoms with Crippen LogP contribution < -0.4 is 20.7 Å². The van der Waals surface area contributed by atoms with Gasteiger partial charge in [0.05, 0.1) is 5.56 Å². The second kappa shape index (κ2) is 16.7. The van der Waals surface area contributed by atoms with Crippen LogP contribution >= 0.6 is 11.6 Å². The van der Waals surface area contributed by atoms with Crippen molar-refractivity contribution in [2.75, 3.05) is 10.6 Å². The molecule has 0 aliphatic heterocycles. The van der Waals surface area contributed by atoms with Crippen molar-refractivity contribution in [3.8, 4) is 5.75 Å². The van der Waals surface area contributed by atoms with Gasteiger partial charge in [0.15, 0.2) is 0 Å². The number of hydrogen-bond acceptors (Lipinski definition) is 7. The summed E-state index contributed by atoms with van der Waals surface area (Å²) in [4.78, 5) is 54.1. The van der Waals surface area contributed by atoms with E-state index in [0.717, 1.165) is 23.2 Å². The van der Waals surface area contributed by atoms with E-state index in [1.807, 2.05) is 18.2 Å². The average Bonchev–Trinajstić information content (AvgIpc) is 2.94. The van der Waals surface area contributed by atoms with Gasteiger partial charge in [-0.2, -0.15) is 0 Å². The Morgan fingerprint density at radius 3 is 2.02 bits per heavy atom. The number of aryl methyl sites for hydroxylation is 1. The van der Waals surface area contributed by atoms with Crippen LogP contribution in [0, 0.1) is 5.41 Å². The number of ether oxygens (including phenoxy) is 3. The molecule has 3 rings (SSSR count). The molecule has 3 amide bonds. The number of carbonyl (C=O) groups excluding carboxylic acids is 4. The zero-order valence-electron chi connectivity index (χ0n) is 30.2. The number of guanidine groups is 1. The molecular formula is C38H47ClN4O7. The SMILES string of the molecule is CC(C)(C)Cc1cccc(NC(=O)CCc2ccc(OC(=O)c3ccc(N/C(=N\C(=O)OC(C)(C)C)NC(=O)OC(C)(C)C)cc3)cc2Cl)c1. The highest BCUT2D eigenvalue weighted by atomic mass is 35.5. The number of nitrogens with one attached hydrogen (secondary N) is 3. The molecular weight excluding hydrogens is 660 g/mol. The number of anilines is 2. The number of hydrogen-bond donors (Lipinski definition) is 3. The summed E-state index contributed by atoms with van der Waals surface area (Å²) in [5, 5.41) is 8.55. The van der Waals surface area contributed by atoms with E-state index in [1.54, 1.807) is 65.8 Å². The summed E-state index contributed by atoms with van der Waals surface area (Å²) >= 11 is 6.48. The van der Waals surface area contributed by atoms with Gasteiger partial charge in [0.2, 0.25) is 11.9 Å². The summed E-state index contributed by atoms with van der Waals surface area (Å²) in [6, 6.07) is 18.8. The van der Waals surface area contributed by atoms with E-state index < -0.39 is 29.4 Å². The predicted octanol–water partition coefficient (Wildman–Crippen LogP) is 8.95. The van der Waals surface area contributed by atoms with Gasteiger partial charge in [0.1, 0.15) is 17.0 Å². The molecule has 0 unspecified atom stereocenters. The standard InChI is InChI=1S/C38H47ClN4O7/c1-36(2,3)23-24-11-10-12-28(21-24)40-31(44)20-16-25-15-19-29(22-30(25)39)48-32(45)26-13-17-27(18-14-26)41-33(42-34(46)49-37(4,5)6)43-35(47)50-38(7,8)9/h10-15,17-19,21-22H,16,20,23H2,1-9H3,(H,40,44)(H2,41,42,43,46,47). The molecule has 0 aliphatic rings. The Labute approximate surface area is 299 Å². The first-order chi connectivity index (χ1) is 23.1. The first kappa shape index (κ1) is 39.5. The second-order valence-electron chi connectivity index (χ2n) is 14.9. The number of rotatable bonds is 8. The molecule has 0 spiro atoms. The first-order valence-corrected chi connectivity index (χ1v) is 16.6. The van der Waals surface area contributed by atoms with Crippen LogP contribution in [-0.2, 0) is 27.1 Å². The molecule has 0 aliphatic carbocycles. The quantitative estimate of drug-likeness (QED) is 0.0911. The number of benzene rings is 3. The number of alkyl carbamates (subject to hydrolysis) is 1. The number of amides is 3. The van der Waals surface area contributed by atoms with Crippen molar-refractivity contribution in [3.63, 3.8) is 0 Å². The zero-order valence-corrected chi connectivity index (χ0v) is 30.9. The normalized spacial score (nSPS) is 12.1. The van der Waals surface area contributed by atoms with Gasteiger partial charge < -0.3 is 24.8 Å². The second-order valence-corrected chi connectivity index (χ2v) is 15.3. The fraction of sp³-hybridized carbons (Fsp3) is 0.395. The first-order valence-electron chi connectivity index (χ1n) is 16.2. The molecule has 3 N–H and O–H groups in total. The van der Waals surface area contributed by atoms with Crippen LogP contribution in [0.3, 0.4) is 0 Å². The van der Waals surface area contributed by atoms with E-state index in [4.69, 9.17) is 25.8 Å². The van der Waals surface area contributed by atoms with Crippen LogP contribution in [0.4, 0.5) is 21.0 Å². The molecule has 3 aromatic rings. The average molecular weight is 707 g/mol. The van der Waals surface area contributed by atoms with Crippen LogP contribution in [0.25, 0.3) is 0 Å². The monoisotopic (exact) mass is 706 g/mol. The number of nitrogens with zero attached hydrogens (tertiary/aromatic N) is 1. The lowest BCUT2D eigenvalue weighted by Gasteiger charge is -2.21. The van der Waals surface area contributed by atoms with Crippen molar-refractivity contribution in [2.45, 2.75) is 92.8 Å². The largest absolute Gasteiger partial charge is 0.444 e. The molecule has 0 saturated heterocycles. The smallest absolute Gasteiger partial charge is 0.437 e. The van der Waals surface area contributed by atoms with Crippen molar-refractivity contribution in [1.82, 2.24) is 5.32 Å². The molecule has 50 heavy (non-hydrogen) atoms. The van der Waals surface area contributed by atoms with Crippen molar-refractivity contribution < 1.29 is 33.4 Å². The summed E-state index contributed by atoms with van der Waals surface area (Å²) in [5.41, 5.74) is 1.81. The van der Waals surface area contributed by atoms with Gasteiger partial charge in [0.25, 0.3) is 0 Å². The van der Waals surface area contributed by atoms with Gasteiger partial charge >= 0.3 is 18.2 Å². The molecule has 0 atom stereocenters. The van der Waals surface area contributed by atoms with Crippen molar-refractivity contribution in [2.24, 2.45) is 10.4 Å². The Kier molecular flexibility index (Phi) is 13.2. The van der Waals surface area contributed by atoms with Crippen LogP contribution in [0.2, 0.25) is 5.02 Å². The molecule has 0 bridgehead atoms. The minimum Gasteiger partial charge on any atom is -0.444 e. The highest BCUT2D eigenvalue weighted by molar-refractivity contribution is 6.31. The van der Waals surface area contributed by atoms with E-state index in [0.29, 0.717) is 17.1 Å². The molecule has 11 nitrogen and oxygen atoms in total. The van der Waals surface area contributed by atoms with Crippen molar-refractivity contribution in [3.05, 3.63) is 88.4 Å². The molecule has 0 fully saturated rings. The predicted molar refractivity (Wildman–Crippen MR) is 196 cm³/mol. The number of aliphatic imine (C=N–C) groups is 1. The van der Waals surface area contributed by atoms with Crippen molar-refractivity contribution in [1.29, 1.82) is 0 Å². The number of esters is 1. The Morgan fingerprint density at radius 1 is 0.760 bits per heavy atom. The van der Waals surface area contributed by atoms with Gasteiger partial charge in [-0.15, -0.1) is 4.99 Å². The summed E-state index contributed by atoms with van der Waals surface area (Å²) in [7, 11) is 0. The maximum Gasteiger partial charge on any atom is 0.437 e. The fourth-order valence-electron chi connectivity index (χ4n) is 4.49. The van der Waals surface area contributed by atoms with E-state index in [2.05, 4.69) is 47.8 Å². The lowest BCUT2D eigenvalue weighted by molar-refractivity contribution is -0.116.